The lowest BCUT2D eigenvalue weighted by Gasteiger charge is -2.16. The van der Waals surface area contributed by atoms with Crippen LogP contribution in [0.4, 0.5) is 13.2 Å². The Morgan fingerprint density at radius 3 is 2.70 bits per heavy atom. The number of aliphatic imine (C=N–C) groups is 1. The molecule has 0 radical (unpaired) electrons. The Hall–Kier alpha value is -1.85. The lowest BCUT2D eigenvalue weighted by molar-refractivity contribution is -0.137. The van der Waals surface area contributed by atoms with Gasteiger partial charge in [0.25, 0.3) is 0 Å². The van der Waals surface area contributed by atoms with E-state index in [-0.39, 0.29) is 30.5 Å². The quantitative estimate of drug-likeness (QED) is 0.390. The van der Waals surface area contributed by atoms with Crippen molar-refractivity contribution >= 4 is 29.9 Å². The van der Waals surface area contributed by atoms with Crippen LogP contribution < -0.4 is 10.6 Å². The Labute approximate surface area is 172 Å². The molecular weight excluding hydrogens is 472 g/mol. The number of hydrogen-bond donors (Lipinski definition) is 2. The number of nitrogens with zero attached hydrogens (tertiary/aromatic N) is 4. The third-order valence-electron chi connectivity index (χ3n) is 4.29. The summed E-state index contributed by atoms with van der Waals surface area (Å²) in [6, 6.07) is 5.24. The smallest absolute Gasteiger partial charge is 0.352 e. The number of aryl methyl sites for hydroxylation is 1. The second kappa shape index (κ2) is 9.38. The highest BCUT2D eigenvalue weighted by Crippen LogP contribution is 2.29. The molecule has 0 aliphatic carbocycles. The second-order valence-corrected chi connectivity index (χ2v) is 6.12. The average molecular weight is 494 g/mol. The van der Waals surface area contributed by atoms with Crippen LogP contribution >= 0.6 is 24.0 Å². The summed E-state index contributed by atoms with van der Waals surface area (Å²) >= 11 is 0. The summed E-state index contributed by atoms with van der Waals surface area (Å²) in [7, 11) is 1.61. The Morgan fingerprint density at radius 1 is 1.19 bits per heavy atom. The van der Waals surface area contributed by atoms with E-state index < -0.39 is 11.7 Å². The van der Waals surface area contributed by atoms with E-state index in [1.54, 1.807) is 13.1 Å². The van der Waals surface area contributed by atoms with Crippen LogP contribution in [0.15, 0.2) is 29.3 Å². The second-order valence-electron chi connectivity index (χ2n) is 6.12. The fourth-order valence-electron chi connectivity index (χ4n) is 2.93. The standard InChI is InChI=1S/C17H21F3N6.HI/c1-21-16(22-10-12-5-4-6-13(9-12)17(18,19)20)23-11-15-25-24-14-7-2-3-8-26(14)15;/h4-6,9H,2-3,7-8,10-11H2,1H3,(H2,21,22,23);1H. The van der Waals surface area contributed by atoms with Crippen LogP contribution in [-0.2, 0) is 32.2 Å². The topological polar surface area (TPSA) is 67.1 Å². The molecule has 1 aliphatic heterocycles. The average Bonchev–Trinajstić information content (AvgIpc) is 3.05. The molecule has 0 spiro atoms. The van der Waals surface area contributed by atoms with E-state index in [0.29, 0.717) is 18.1 Å². The Bertz CT molecular complexity index is 787. The largest absolute Gasteiger partial charge is 0.416 e. The highest BCUT2D eigenvalue weighted by molar-refractivity contribution is 14.0. The maximum absolute atomic E-state index is 12.8. The normalized spacial score (nSPS) is 14.3. The number of benzene rings is 1. The molecule has 2 N–H and O–H groups in total. The van der Waals surface area contributed by atoms with Gasteiger partial charge in [-0.1, -0.05) is 12.1 Å². The molecule has 6 nitrogen and oxygen atoms in total. The van der Waals surface area contributed by atoms with Crippen molar-refractivity contribution in [2.75, 3.05) is 7.05 Å². The zero-order valence-electron chi connectivity index (χ0n) is 14.9. The highest BCUT2D eigenvalue weighted by atomic mass is 127. The van der Waals surface area contributed by atoms with Crippen molar-refractivity contribution in [3.63, 3.8) is 0 Å². The maximum Gasteiger partial charge on any atom is 0.416 e. The van der Waals surface area contributed by atoms with Gasteiger partial charge in [-0.05, 0) is 30.5 Å². The van der Waals surface area contributed by atoms with E-state index in [4.69, 9.17) is 0 Å². The zero-order valence-corrected chi connectivity index (χ0v) is 17.2. The molecule has 1 aromatic carbocycles. The molecule has 0 saturated carbocycles. The first-order valence-electron chi connectivity index (χ1n) is 8.49. The van der Waals surface area contributed by atoms with E-state index in [1.165, 1.54) is 6.07 Å². The predicted octanol–water partition coefficient (Wildman–Crippen LogP) is 3.12. The van der Waals surface area contributed by atoms with Crippen LogP contribution in [0.1, 0.15) is 35.6 Å². The molecule has 2 heterocycles. The van der Waals surface area contributed by atoms with E-state index in [2.05, 4.69) is 30.4 Å². The number of hydrogen-bond acceptors (Lipinski definition) is 3. The Morgan fingerprint density at radius 2 is 1.96 bits per heavy atom. The van der Waals surface area contributed by atoms with Gasteiger partial charge in [0.15, 0.2) is 11.8 Å². The number of fused-ring (bicyclic) bond motifs is 1. The molecular formula is C17H22F3IN6. The van der Waals surface area contributed by atoms with Gasteiger partial charge in [-0.15, -0.1) is 34.2 Å². The van der Waals surface area contributed by atoms with Crippen molar-refractivity contribution in [1.82, 2.24) is 25.4 Å². The minimum Gasteiger partial charge on any atom is -0.352 e. The van der Waals surface area contributed by atoms with Gasteiger partial charge in [-0.3, -0.25) is 4.99 Å². The molecule has 27 heavy (non-hydrogen) atoms. The van der Waals surface area contributed by atoms with Gasteiger partial charge in [-0.2, -0.15) is 13.2 Å². The summed E-state index contributed by atoms with van der Waals surface area (Å²) in [5.41, 5.74) is -0.127. The lowest BCUT2D eigenvalue weighted by Crippen LogP contribution is -2.37. The first kappa shape index (κ1) is 21.5. The molecule has 0 amide bonds. The van der Waals surface area contributed by atoms with Crippen LogP contribution in [0.3, 0.4) is 0 Å². The molecule has 0 unspecified atom stereocenters. The van der Waals surface area contributed by atoms with Gasteiger partial charge in [0.1, 0.15) is 5.82 Å². The van der Waals surface area contributed by atoms with Crippen molar-refractivity contribution in [1.29, 1.82) is 0 Å². The molecule has 10 heteroatoms. The number of guanidine groups is 1. The first-order valence-corrected chi connectivity index (χ1v) is 8.49. The molecule has 1 aromatic heterocycles. The zero-order chi connectivity index (χ0) is 18.6. The van der Waals surface area contributed by atoms with Crippen molar-refractivity contribution in [3.05, 3.63) is 47.0 Å². The van der Waals surface area contributed by atoms with Crippen molar-refractivity contribution in [2.24, 2.45) is 4.99 Å². The number of rotatable bonds is 4. The molecule has 1 aliphatic rings. The van der Waals surface area contributed by atoms with Gasteiger partial charge >= 0.3 is 6.18 Å². The van der Waals surface area contributed by atoms with E-state index >= 15 is 0 Å². The van der Waals surface area contributed by atoms with Crippen LogP contribution in [0.25, 0.3) is 0 Å². The van der Waals surface area contributed by atoms with Crippen LogP contribution in [-0.4, -0.2) is 27.8 Å². The van der Waals surface area contributed by atoms with Gasteiger partial charge in [0, 0.05) is 26.6 Å². The van der Waals surface area contributed by atoms with E-state index in [9.17, 15) is 13.2 Å². The third-order valence-corrected chi connectivity index (χ3v) is 4.29. The van der Waals surface area contributed by atoms with Crippen molar-refractivity contribution < 1.29 is 13.2 Å². The molecule has 0 fully saturated rings. The van der Waals surface area contributed by atoms with Crippen molar-refractivity contribution in [2.45, 2.75) is 45.1 Å². The molecule has 2 aromatic rings. The van der Waals surface area contributed by atoms with Crippen LogP contribution in [0, 0.1) is 0 Å². The number of alkyl halides is 3. The number of halogens is 4. The van der Waals surface area contributed by atoms with Crippen LogP contribution in [0.2, 0.25) is 0 Å². The monoisotopic (exact) mass is 494 g/mol. The Kier molecular flexibility index (Phi) is 7.45. The molecule has 0 saturated heterocycles. The Balaban J connectivity index is 0.00000261. The maximum atomic E-state index is 12.8. The fraction of sp³-hybridized carbons (Fsp3) is 0.471. The van der Waals surface area contributed by atoms with Crippen LogP contribution in [0.5, 0.6) is 0 Å². The third kappa shape index (κ3) is 5.56. The van der Waals surface area contributed by atoms with Gasteiger partial charge in [0.2, 0.25) is 0 Å². The summed E-state index contributed by atoms with van der Waals surface area (Å²) in [5.74, 6) is 2.33. The lowest BCUT2D eigenvalue weighted by atomic mass is 10.1. The molecule has 0 atom stereocenters. The molecule has 3 rings (SSSR count). The molecule has 0 bridgehead atoms. The summed E-state index contributed by atoms with van der Waals surface area (Å²) in [4.78, 5) is 4.10. The predicted molar refractivity (Wildman–Crippen MR) is 107 cm³/mol. The van der Waals surface area contributed by atoms with Gasteiger partial charge in [-0.25, -0.2) is 0 Å². The summed E-state index contributed by atoms with van der Waals surface area (Å²) in [6.07, 6.45) is -1.16. The highest BCUT2D eigenvalue weighted by Gasteiger charge is 2.30. The SMILES string of the molecule is CN=C(NCc1cccc(C(F)(F)F)c1)NCc1nnc2n1CCCC2.I. The number of aromatic nitrogens is 3. The molecule has 148 valence electrons. The minimum atomic E-state index is -4.34. The first-order chi connectivity index (χ1) is 12.5. The van der Waals surface area contributed by atoms with Crippen molar-refractivity contribution in [3.8, 4) is 0 Å². The number of nitrogens with one attached hydrogen (secondary N) is 2. The van der Waals surface area contributed by atoms with Gasteiger partial charge < -0.3 is 15.2 Å². The summed E-state index contributed by atoms with van der Waals surface area (Å²) < 4.78 is 40.4. The summed E-state index contributed by atoms with van der Waals surface area (Å²) in [5, 5.41) is 14.5. The fourth-order valence-corrected chi connectivity index (χ4v) is 2.93. The van der Waals surface area contributed by atoms with Gasteiger partial charge in [0.05, 0.1) is 12.1 Å². The minimum absolute atomic E-state index is 0. The summed E-state index contributed by atoms with van der Waals surface area (Å²) in [6.45, 7) is 1.60. The van der Waals surface area contributed by atoms with E-state index in [1.807, 2.05) is 0 Å². The van der Waals surface area contributed by atoms with E-state index in [0.717, 1.165) is 49.6 Å².